The van der Waals surface area contributed by atoms with Crippen LogP contribution in [0.3, 0.4) is 0 Å². The molecule has 0 bridgehead atoms. The number of hydrogen-bond acceptors (Lipinski definition) is 4. The highest BCUT2D eigenvalue weighted by molar-refractivity contribution is 7.07. The minimum Gasteiger partial charge on any atom is -0.444 e. The first kappa shape index (κ1) is 16.3. The van der Waals surface area contributed by atoms with E-state index in [-0.39, 0.29) is 6.09 Å². The maximum absolute atomic E-state index is 12.0. The quantitative estimate of drug-likeness (QED) is 0.923. The Hall–Kier alpha value is -1.07. The average Bonchev–Trinajstić information content (AvgIpc) is 3.05. The van der Waals surface area contributed by atoms with E-state index in [2.05, 4.69) is 29.1 Å². The molecule has 0 aliphatic carbocycles. The summed E-state index contributed by atoms with van der Waals surface area (Å²) in [5, 5.41) is 7.85. The second-order valence-corrected chi connectivity index (χ2v) is 7.55. The fourth-order valence-electron chi connectivity index (χ4n) is 2.47. The Bertz CT molecular complexity index is 453. The summed E-state index contributed by atoms with van der Waals surface area (Å²) < 4.78 is 5.42. The van der Waals surface area contributed by atoms with Crippen molar-refractivity contribution in [1.82, 2.24) is 10.2 Å². The molecule has 0 aromatic carbocycles. The number of rotatable bonds is 4. The molecule has 1 aliphatic heterocycles. The van der Waals surface area contributed by atoms with Gasteiger partial charge in [0.25, 0.3) is 0 Å². The number of nitrogens with zero attached hydrogens (tertiary/aromatic N) is 1. The SMILES string of the molecule is CC(NCC1CCN(C(=O)OC(C)(C)C)C1)c1ccsc1. The van der Waals surface area contributed by atoms with Crippen LogP contribution in [0.5, 0.6) is 0 Å². The van der Waals surface area contributed by atoms with Crippen LogP contribution < -0.4 is 5.32 Å². The van der Waals surface area contributed by atoms with E-state index >= 15 is 0 Å². The van der Waals surface area contributed by atoms with E-state index in [1.807, 2.05) is 25.7 Å². The lowest BCUT2D eigenvalue weighted by Gasteiger charge is -2.24. The van der Waals surface area contributed by atoms with Crippen LogP contribution in [-0.4, -0.2) is 36.2 Å². The summed E-state index contributed by atoms with van der Waals surface area (Å²) in [4.78, 5) is 13.8. The molecule has 0 radical (unpaired) electrons. The van der Waals surface area contributed by atoms with Crippen molar-refractivity contribution in [3.63, 3.8) is 0 Å². The Labute approximate surface area is 131 Å². The highest BCUT2D eigenvalue weighted by atomic mass is 32.1. The summed E-state index contributed by atoms with van der Waals surface area (Å²) in [6.07, 6.45) is 0.860. The van der Waals surface area contributed by atoms with Crippen LogP contribution in [-0.2, 0) is 4.74 Å². The fraction of sp³-hybridized carbons (Fsp3) is 0.688. The maximum atomic E-state index is 12.0. The molecule has 0 saturated carbocycles. The number of nitrogens with one attached hydrogen (secondary N) is 1. The number of likely N-dealkylation sites (tertiary alicyclic amines) is 1. The number of ether oxygens (including phenoxy) is 1. The molecule has 2 atom stereocenters. The van der Waals surface area contributed by atoms with Crippen molar-refractivity contribution in [2.75, 3.05) is 19.6 Å². The normalized spacial score (nSPS) is 20.6. The lowest BCUT2D eigenvalue weighted by Crippen LogP contribution is -2.36. The molecule has 1 saturated heterocycles. The van der Waals surface area contributed by atoms with Crippen molar-refractivity contribution in [3.05, 3.63) is 22.4 Å². The number of amides is 1. The third-order valence-corrected chi connectivity index (χ3v) is 4.39. The Balaban J connectivity index is 1.74. The Morgan fingerprint density at radius 2 is 2.33 bits per heavy atom. The van der Waals surface area contributed by atoms with Gasteiger partial charge in [-0.2, -0.15) is 11.3 Å². The van der Waals surface area contributed by atoms with Crippen LogP contribution >= 0.6 is 11.3 Å². The van der Waals surface area contributed by atoms with Gasteiger partial charge in [-0.1, -0.05) is 0 Å². The number of hydrogen-bond donors (Lipinski definition) is 1. The number of thiophene rings is 1. The first-order valence-electron chi connectivity index (χ1n) is 7.58. The molecule has 2 rings (SSSR count). The predicted octanol–water partition coefficient (Wildman–Crippen LogP) is 3.66. The molecule has 21 heavy (non-hydrogen) atoms. The van der Waals surface area contributed by atoms with Crippen LogP contribution in [0.1, 0.15) is 45.7 Å². The van der Waals surface area contributed by atoms with Crippen LogP contribution in [0.15, 0.2) is 16.8 Å². The minimum absolute atomic E-state index is 0.184. The third kappa shape index (κ3) is 5.00. The Kier molecular flexibility index (Phi) is 5.27. The smallest absolute Gasteiger partial charge is 0.410 e. The van der Waals surface area contributed by atoms with Crippen molar-refractivity contribution < 1.29 is 9.53 Å². The van der Waals surface area contributed by atoms with Gasteiger partial charge in [0, 0.05) is 25.7 Å². The van der Waals surface area contributed by atoms with E-state index < -0.39 is 5.60 Å². The average molecular weight is 310 g/mol. The van der Waals surface area contributed by atoms with Gasteiger partial charge < -0.3 is 15.0 Å². The van der Waals surface area contributed by atoms with Gasteiger partial charge in [0.15, 0.2) is 0 Å². The van der Waals surface area contributed by atoms with E-state index in [1.54, 1.807) is 11.3 Å². The highest BCUT2D eigenvalue weighted by Gasteiger charge is 2.29. The molecular formula is C16H26N2O2S. The zero-order valence-corrected chi connectivity index (χ0v) is 14.2. The lowest BCUT2D eigenvalue weighted by molar-refractivity contribution is 0.0288. The molecule has 2 heterocycles. The molecule has 1 aromatic heterocycles. The van der Waals surface area contributed by atoms with Crippen molar-refractivity contribution in [2.45, 2.75) is 45.8 Å². The van der Waals surface area contributed by atoms with Crippen molar-refractivity contribution in [1.29, 1.82) is 0 Å². The molecular weight excluding hydrogens is 284 g/mol. The van der Waals surface area contributed by atoms with Crippen LogP contribution in [0, 0.1) is 5.92 Å². The lowest BCUT2D eigenvalue weighted by atomic mass is 10.1. The van der Waals surface area contributed by atoms with E-state index in [0.717, 1.165) is 26.1 Å². The zero-order chi connectivity index (χ0) is 15.5. The van der Waals surface area contributed by atoms with Gasteiger partial charge in [-0.15, -0.1) is 0 Å². The number of carbonyl (C=O) groups excluding carboxylic acids is 1. The van der Waals surface area contributed by atoms with Crippen molar-refractivity contribution >= 4 is 17.4 Å². The summed E-state index contributed by atoms with van der Waals surface area (Å²) in [5.41, 5.74) is 0.919. The van der Waals surface area contributed by atoms with Crippen LogP contribution in [0.2, 0.25) is 0 Å². The summed E-state index contributed by atoms with van der Waals surface area (Å²) in [5.74, 6) is 0.513. The summed E-state index contributed by atoms with van der Waals surface area (Å²) in [6.45, 7) is 10.4. The third-order valence-electron chi connectivity index (χ3n) is 3.69. The van der Waals surface area contributed by atoms with Crippen molar-refractivity contribution in [3.8, 4) is 0 Å². The van der Waals surface area contributed by atoms with E-state index in [9.17, 15) is 4.79 Å². The van der Waals surface area contributed by atoms with Gasteiger partial charge in [-0.25, -0.2) is 4.79 Å². The molecule has 1 aliphatic rings. The number of carbonyl (C=O) groups is 1. The Morgan fingerprint density at radius 3 is 2.95 bits per heavy atom. The van der Waals surface area contributed by atoms with E-state index in [1.165, 1.54) is 5.56 Å². The molecule has 0 spiro atoms. The Morgan fingerprint density at radius 1 is 1.57 bits per heavy atom. The minimum atomic E-state index is -0.416. The van der Waals surface area contributed by atoms with Gasteiger partial charge in [-0.05, 0) is 62.4 Å². The largest absolute Gasteiger partial charge is 0.444 e. The predicted molar refractivity (Wildman–Crippen MR) is 86.7 cm³/mol. The monoisotopic (exact) mass is 310 g/mol. The molecule has 4 nitrogen and oxygen atoms in total. The van der Waals surface area contributed by atoms with Gasteiger partial charge >= 0.3 is 6.09 Å². The van der Waals surface area contributed by atoms with Gasteiger partial charge in [0.2, 0.25) is 0 Å². The second-order valence-electron chi connectivity index (χ2n) is 6.77. The standard InChI is InChI=1S/C16H26N2O2S/c1-12(14-6-8-21-11-14)17-9-13-5-7-18(10-13)15(19)20-16(2,3)4/h6,8,11-13,17H,5,7,9-10H2,1-4H3. The second kappa shape index (κ2) is 6.79. The summed E-state index contributed by atoms with van der Waals surface area (Å²) in [7, 11) is 0. The van der Waals surface area contributed by atoms with E-state index in [0.29, 0.717) is 12.0 Å². The molecule has 1 aromatic rings. The molecule has 1 amide bonds. The highest BCUT2D eigenvalue weighted by Crippen LogP contribution is 2.21. The molecule has 2 unspecified atom stereocenters. The van der Waals surface area contributed by atoms with Gasteiger partial charge in [-0.3, -0.25) is 0 Å². The molecule has 1 N–H and O–H groups in total. The first-order valence-corrected chi connectivity index (χ1v) is 8.53. The molecule has 1 fully saturated rings. The maximum Gasteiger partial charge on any atom is 0.410 e. The first-order chi connectivity index (χ1) is 9.85. The molecule has 5 heteroatoms. The fourth-order valence-corrected chi connectivity index (χ4v) is 3.23. The van der Waals surface area contributed by atoms with Gasteiger partial charge in [0.1, 0.15) is 5.60 Å². The topological polar surface area (TPSA) is 41.6 Å². The van der Waals surface area contributed by atoms with Crippen LogP contribution in [0.25, 0.3) is 0 Å². The summed E-state index contributed by atoms with van der Waals surface area (Å²) >= 11 is 1.73. The van der Waals surface area contributed by atoms with Crippen molar-refractivity contribution in [2.24, 2.45) is 5.92 Å². The van der Waals surface area contributed by atoms with Gasteiger partial charge in [0.05, 0.1) is 0 Å². The van der Waals surface area contributed by atoms with E-state index in [4.69, 9.17) is 4.74 Å². The summed E-state index contributed by atoms with van der Waals surface area (Å²) in [6, 6.07) is 2.52. The molecule has 118 valence electrons. The zero-order valence-electron chi connectivity index (χ0n) is 13.4. The van der Waals surface area contributed by atoms with Crippen LogP contribution in [0.4, 0.5) is 4.79 Å².